The predicted molar refractivity (Wildman–Crippen MR) is 117 cm³/mol. The first-order valence-corrected chi connectivity index (χ1v) is 11.6. The molecule has 0 aliphatic carbocycles. The van der Waals surface area contributed by atoms with Gasteiger partial charge in [0.15, 0.2) is 0 Å². The largest absolute Gasteiger partial charge is 0.383 e. The molecule has 0 saturated carbocycles. The molecule has 2 aromatic rings. The lowest BCUT2D eigenvalue weighted by Crippen LogP contribution is -2.37. The van der Waals surface area contributed by atoms with Crippen LogP contribution in [0.1, 0.15) is 62.5 Å². The summed E-state index contributed by atoms with van der Waals surface area (Å²) in [5, 5.41) is 0. The standard InChI is InChI=1S/C23H31NO4S/c1-7-17(2)24(16-18-9-8-10-21(15-18)28-29(6,26)27)22(25)19-11-13-20(14-12-19)23(3,4)5/h8-15,17H,7,16H2,1-6H3. The first-order valence-electron chi connectivity index (χ1n) is 9.80. The zero-order valence-electron chi connectivity index (χ0n) is 18.1. The molecule has 0 fully saturated rings. The number of rotatable bonds is 7. The third kappa shape index (κ3) is 6.60. The van der Waals surface area contributed by atoms with Gasteiger partial charge in [-0.3, -0.25) is 4.79 Å². The van der Waals surface area contributed by atoms with Crippen LogP contribution < -0.4 is 4.18 Å². The predicted octanol–water partition coefficient (Wildman–Crippen LogP) is 4.76. The van der Waals surface area contributed by atoms with Gasteiger partial charge in [-0.25, -0.2) is 0 Å². The van der Waals surface area contributed by atoms with Crippen LogP contribution in [0.3, 0.4) is 0 Å². The maximum absolute atomic E-state index is 13.2. The number of hydrogen-bond acceptors (Lipinski definition) is 4. The van der Waals surface area contributed by atoms with Crippen LogP contribution in [0.4, 0.5) is 0 Å². The van der Waals surface area contributed by atoms with Gasteiger partial charge in [0.2, 0.25) is 0 Å². The van der Waals surface area contributed by atoms with Crippen LogP contribution in [-0.4, -0.2) is 31.5 Å². The van der Waals surface area contributed by atoms with Crippen molar-refractivity contribution in [2.45, 2.75) is 59.0 Å². The molecule has 2 aromatic carbocycles. The van der Waals surface area contributed by atoms with Gasteiger partial charge in [-0.2, -0.15) is 8.42 Å². The van der Waals surface area contributed by atoms with Crippen LogP contribution in [0.25, 0.3) is 0 Å². The SMILES string of the molecule is CCC(C)N(Cc1cccc(OS(C)(=O)=O)c1)C(=O)c1ccc(C(C)(C)C)cc1. The summed E-state index contributed by atoms with van der Waals surface area (Å²) >= 11 is 0. The molecular formula is C23H31NO4S. The molecule has 0 aliphatic rings. The van der Waals surface area contributed by atoms with E-state index in [0.29, 0.717) is 12.1 Å². The fourth-order valence-corrected chi connectivity index (χ4v) is 3.45. The second-order valence-corrected chi connectivity index (χ2v) is 10.0. The molecule has 5 nitrogen and oxygen atoms in total. The lowest BCUT2D eigenvalue weighted by Gasteiger charge is -2.29. The van der Waals surface area contributed by atoms with Gasteiger partial charge in [0.25, 0.3) is 5.91 Å². The minimum Gasteiger partial charge on any atom is -0.383 e. The van der Waals surface area contributed by atoms with Gasteiger partial charge in [0.1, 0.15) is 5.75 Å². The van der Waals surface area contributed by atoms with Crippen molar-refractivity contribution in [1.29, 1.82) is 0 Å². The molecule has 2 rings (SSSR count). The molecule has 1 amide bonds. The molecule has 1 unspecified atom stereocenters. The summed E-state index contributed by atoms with van der Waals surface area (Å²) in [4.78, 5) is 15.0. The van der Waals surface area contributed by atoms with Crippen LogP contribution >= 0.6 is 0 Å². The summed E-state index contributed by atoms with van der Waals surface area (Å²) in [7, 11) is -3.60. The molecule has 0 spiro atoms. The van der Waals surface area contributed by atoms with Gasteiger partial charge < -0.3 is 9.08 Å². The summed E-state index contributed by atoms with van der Waals surface area (Å²) in [6.07, 6.45) is 1.82. The van der Waals surface area contributed by atoms with Gasteiger partial charge in [-0.1, -0.05) is 52.0 Å². The van der Waals surface area contributed by atoms with E-state index in [1.165, 1.54) is 5.56 Å². The number of amides is 1. The molecule has 0 saturated heterocycles. The van der Waals surface area contributed by atoms with E-state index in [2.05, 4.69) is 20.8 Å². The van der Waals surface area contributed by atoms with E-state index in [1.54, 1.807) is 18.2 Å². The fourth-order valence-electron chi connectivity index (χ4n) is 2.99. The number of carbonyl (C=O) groups excluding carboxylic acids is 1. The molecule has 0 aliphatic heterocycles. The number of carbonyl (C=O) groups is 1. The van der Waals surface area contributed by atoms with Crippen LogP contribution in [-0.2, 0) is 22.1 Å². The molecule has 0 heterocycles. The molecule has 0 N–H and O–H groups in total. The zero-order chi connectivity index (χ0) is 21.8. The molecule has 158 valence electrons. The fraction of sp³-hybridized carbons (Fsp3) is 0.435. The molecular weight excluding hydrogens is 386 g/mol. The average Bonchev–Trinajstić information content (AvgIpc) is 2.63. The third-order valence-electron chi connectivity index (χ3n) is 4.88. The second kappa shape index (κ2) is 8.99. The van der Waals surface area contributed by atoms with Gasteiger partial charge in [-0.05, 0) is 54.2 Å². The highest BCUT2D eigenvalue weighted by Gasteiger charge is 2.22. The average molecular weight is 418 g/mol. The Hall–Kier alpha value is -2.34. The summed E-state index contributed by atoms with van der Waals surface area (Å²) in [6.45, 7) is 10.8. The Kier molecular flexibility index (Phi) is 7.11. The molecule has 0 bridgehead atoms. The summed E-state index contributed by atoms with van der Waals surface area (Å²) in [5.41, 5.74) is 2.65. The van der Waals surface area contributed by atoms with Crippen molar-refractivity contribution in [2.75, 3.05) is 6.26 Å². The molecule has 1 atom stereocenters. The third-order valence-corrected chi connectivity index (χ3v) is 5.38. The lowest BCUT2D eigenvalue weighted by atomic mass is 9.86. The zero-order valence-corrected chi connectivity index (χ0v) is 18.9. The molecule has 6 heteroatoms. The molecule has 0 aromatic heterocycles. The molecule has 0 radical (unpaired) electrons. The van der Waals surface area contributed by atoms with Crippen molar-refractivity contribution in [3.63, 3.8) is 0 Å². The van der Waals surface area contributed by atoms with Gasteiger partial charge >= 0.3 is 10.1 Å². The smallest absolute Gasteiger partial charge is 0.306 e. The Morgan fingerprint density at radius 1 is 1.10 bits per heavy atom. The summed E-state index contributed by atoms with van der Waals surface area (Å²) in [6, 6.07) is 14.6. The van der Waals surface area contributed by atoms with Crippen molar-refractivity contribution in [3.05, 3.63) is 65.2 Å². The second-order valence-electron chi connectivity index (χ2n) is 8.45. The highest BCUT2D eigenvalue weighted by Crippen LogP contribution is 2.24. The Labute approximate surface area is 174 Å². The van der Waals surface area contributed by atoms with E-state index >= 15 is 0 Å². The van der Waals surface area contributed by atoms with E-state index in [4.69, 9.17) is 4.18 Å². The Morgan fingerprint density at radius 2 is 1.72 bits per heavy atom. The quantitative estimate of drug-likeness (QED) is 0.609. The molecule has 29 heavy (non-hydrogen) atoms. The van der Waals surface area contributed by atoms with E-state index < -0.39 is 10.1 Å². The highest BCUT2D eigenvalue weighted by molar-refractivity contribution is 7.86. The van der Waals surface area contributed by atoms with Crippen LogP contribution in [0, 0.1) is 0 Å². The van der Waals surface area contributed by atoms with Gasteiger partial charge in [0, 0.05) is 18.2 Å². The van der Waals surface area contributed by atoms with Crippen molar-refractivity contribution in [2.24, 2.45) is 0 Å². The van der Waals surface area contributed by atoms with Gasteiger partial charge in [-0.15, -0.1) is 0 Å². The van der Waals surface area contributed by atoms with Crippen LogP contribution in [0.15, 0.2) is 48.5 Å². The van der Waals surface area contributed by atoms with Crippen molar-refractivity contribution in [1.82, 2.24) is 4.90 Å². The van der Waals surface area contributed by atoms with Crippen molar-refractivity contribution >= 4 is 16.0 Å². The number of nitrogens with zero attached hydrogens (tertiary/aromatic N) is 1. The summed E-state index contributed by atoms with van der Waals surface area (Å²) < 4.78 is 27.8. The van der Waals surface area contributed by atoms with Crippen molar-refractivity contribution in [3.8, 4) is 5.75 Å². The monoisotopic (exact) mass is 417 g/mol. The Balaban J connectivity index is 2.28. The van der Waals surface area contributed by atoms with E-state index in [-0.39, 0.29) is 23.1 Å². The highest BCUT2D eigenvalue weighted by atomic mass is 32.2. The normalized spacial score (nSPS) is 13.0. The van der Waals surface area contributed by atoms with Gasteiger partial charge in [0.05, 0.1) is 6.26 Å². The first kappa shape index (κ1) is 22.9. The van der Waals surface area contributed by atoms with E-state index in [0.717, 1.165) is 18.2 Å². The minimum atomic E-state index is -3.60. The maximum Gasteiger partial charge on any atom is 0.306 e. The maximum atomic E-state index is 13.2. The summed E-state index contributed by atoms with van der Waals surface area (Å²) in [5.74, 6) is 0.199. The van der Waals surface area contributed by atoms with Crippen LogP contribution in [0.2, 0.25) is 0 Å². The topological polar surface area (TPSA) is 63.7 Å². The number of benzene rings is 2. The van der Waals surface area contributed by atoms with E-state index in [9.17, 15) is 13.2 Å². The Bertz CT molecular complexity index is 944. The lowest BCUT2D eigenvalue weighted by molar-refractivity contribution is 0.0671. The number of hydrogen-bond donors (Lipinski definition) is 0. The minimum absolute atomic E-state index is 0.0258. The first-order chi connectivity index (χ1) is 13.4. The van der Waals surface area contributed by atoms with Crippen molar-refractivity contribution < 1.29 is 17.4 Å². The van der Waals surface area contributed by atoms with E-state index in [1.807, 2.05) is 49.1 Å². The Morgan fingerprint density at radius 3 is 2.24 bits per heavy atom. The van der Waals surface area contributed by atoms with Crippen LogP contribution in [0.5, 0.6) is 5.75 Å².